The zero-order valence-electron chi connectivity index (χ0n) is 16.7. The van der Waals surface area contributed by atoms with Crippen molar-refractivity contribution in [2.75, 3.05) is 30.8 Å². The summed E-state index contributed by atoms with van der Waals surface area (Å²) in [5.41, 5.74) is 14.3. The molecule has 1 aliphatic heterocycles. The first kappa shape index (κ1) is 20.2. The van der Waals surface area contributed by atoms with Gasteiger partial charge in [-0.15, -0.1) is 11.3 Å². The number of nitrogens with zero attached hydrogens (tertiary/aromatic N) is 2. The van der Waals surface area contributed by atoms with Crippen molar-refractivity contribution in [2.45, 2.75) is 18.9 Å². The van der Waals surface area contributed by atoms with Crippen molar-refractivity contribution in [2.24, 2.45) is 5.73 Å². The van der Waals surface area contributed by atoms with E-state index >= 15 is 0 Å². The molecule has 2 aromatic heterocycles. The van der Waals surface area contributed by atoms with E-state index < -0.39 is 5.97 Å². The largest absolute Gasteiger partial charge is 0.497 e. The van der Waals surface area contributed by atoms with Crippen molar-refractivity contribution in [3.63, 3.8) is 0 Å². The molecular weight excluding hydrogens is 400 g/mol. The van der Waals surface area contributed by atoms with Crippen LogP contribution in [0.2, 0.25) is 0 Å². The van der Waals surface area contributed by atoms with Crippen LogP contribution in [0.3, 0.4) is 0 Å². The highest BCUT2D eigenvalue weighted by molar-refractivity contribution is 7.21. The summed E-state index contributed by atoms with van der Waals surface area (Å²) < 4.78 is 5.20. The number of nitrogen functional groups attached to an aromatic ring is 1. The van der Waals surface area contributed by atoms with Gasteiger partial charge in [-0.1, -0.05) is 24.3 Å². The molecule has 0 unspecified atom stereocenters. The van der Waals surface area contributed by atoms with Crippen molar-refractivity contribution in [1.29, 1.82) is 0 Å². The molecule has 0 spiro atoms. The van der Waals surface area contributed by atoms with Gasteiger partial charge in [0.1, 0.15) is 21.3 Å². The molecular formula is C22H24N4O3S. The van der Waals surface area contributed by atoms with Crippen LogP contribution in [-0.2, 0) is 0 Å². The van der Waals surface area contributed by atoms with Gasteiger partial charge < -0.3 is 26.2 Å². The number of fused-ring (bicyclic) bond motifs is 1. The molecule has 30 heavy (non-hydrogen) atoms. The molecule has 5 N–H and O–H groups in total. The molecule has 0 aliphatic carbocycles. The Hall–Kier alpha value is -3.10. The van der Waals surface area contributed by atoms with Gasteiger partial charge in [0.25, 0.3) is 0 Å². The number of rotatable bonds is 5. The van der Waals surface area contributed by atoms with E-state index in [4.69, 9.17) is 21.2 Å². The molecule has 0 amide bonds. The minimum atomic E-state index is -1.04. The zero-order valence-corrected chi connectivity index (χ0v) is 17.5. The smallest absolute Gasteiger partial charge is 0.348 e. The number of piperidine rings is 1. The third-order valence-electron chi connectivity index (χ3n) is 5.34. The van der Waals surface area contributed by atoms with Crippen LogP contribution in [0.15, 0.2) is 30.3 Å². The fourth-order valence-corrected chi connectivity index (χ4v) is 4.58. The number of ether oxygens (including phenoxy) is 1. The normalized spacial score (nSPS) is 15.2. The van der Waals surface area contributed by atoms with Gasteiger partial charge in [-0.05, 0) is 42.2 Å². The molecule has 1 saturated heterocycles. The van der Waals surface area contributed by atoms with Crippen molar-refractivity contribution in [3.05, 3.63) is 46.3 Å². The fourth-order valence-electron chi connectivity index (χ4n) is 3.62. The van der Waals surface area contributed by atoms with Gasteiger partial charge in [0.15, 0.2) is 0 Å². The van der Waals surface area contributed by atoms with E-state index in [0.29, 0.717) is 10.2 Å². The Bertz CT molecular complexity index is 1100. The highest BCUT2D eigenvalue weighted by atomic mass is 32.1. The maximum Gasteiger partial charge on any atom is 0.348 e. The number of hydrogen-bond donors (Lipinski definition) is 3. The number of thiophene rings is 1. The molecule has 7 nitrogen and oxygen atoms in total. The van der Waals surface area contributed by atoms with Gasteiger partial charge in [-0.2, -0.15) is 0 Å². The van der Waals surface area contributed by atoms with E-state index in [9.17, 15) is 9.90 Å². The zero-order chi connectivity index (χ0) is 21.3. The highest BCUT2D eigenvalue weighted by Crippen LogP contribution is 2.38. The number of anilines is 2. The van der Waals surface area contributed by atoms with Gasteiger partial charge >= 0.3 is 5.97 Å². The van der Waals surface area contributed by atoms with Gasteiger partial charge in [-0.3, -0.25) is 0 Å². The predicted molar refractivity (Wildman–Crippen MR) is 122 cm³/mol. The minimum absolute atomic E-state index is 0.120. The lowest BCUT2D eigenvalue weighted by Gasteiger charge is -2.31. The number of carboxylic acids is 1. The number of benzene rings is 1. The molecule has 1 fully saturated rings. The quantitative estimate of drug-likeness (QED) is 0.572. The number of carbonyl (C=O) groups is 1. The molecule has 0 bridgehead atoms. The summed E-state index contributed by atoms with van der Waals surface area (Å²) in [6.07, 6.45) is 5.74. The Morgan fingerprint density at radius 2 is 1.97 bits per heavy atom. The van der Waals surface area contributed by atoms with E-state index in [1.54, 1.807) is 7.11 Å². The van der Waals surface area contributed by atoms with Gasteiger partial charge in [-0.25, -0.2) is 9.78 Å². The van der Waals surface area contributed by atoms with Crippen LogP contribution in [0.25, 0.3) is 22.4 Å². The number of methoxy groups -OCH3 is 1. The second-order valence-corrected chi connectivity index (χ2v) is 8.33. The van der Waals surface area contributed by atoms with E-state index in [1.807, 2.05) is 42.5 Å². The Kier molecular flexibility index (Phi) is 5.61. The Balaban J connectivity index is 1.78. The number of aromatic nitrogens is 1. The van der Waals surface area contributed by atoms with Crippen molar-refractivity contribution < 1.29 is 14.6 Å². The summed E-state index contributed by atoms with van der Waals surface area (Å²) in [5, 5.41) is 10.2. The topological polar surface area (TPSA) is 115 Å². The number of hydrogen-bond acceptors (Lipinski definition) is 7. The molecule has 4 rings (SSSR count). The summed E-state index contributed by atoms with van der Waals surface area (Å²) in [7, 11) is 1.63. The molecule has 0 radical (unpaired) electrons. The molecule has 156 valence electrons. The van der Waals surface area contributed by atoms with E-state index in [0.717, 1.165) is 60.0 Å². The van der Waals surface area contributed by atoms with E-state index in [-0.39, 0.29) is 16.6 Å². The number of aromatic carboxylic acids is 1. The number of nitrogens with two attached hydrogens (primary N) is 2. The molecule has 0 atom stereocenters. The van der Waals surface area contributed by atoms with Gasteiger partial charge in [0.2, 0.25) is 0 Å². The Morgan fingerprint density at radius 1 is 1.27 bits per heavy atom. The average molecular weight is 425 g/mol. The lowest BCUT2D eigenvalue weighted by molar-refractivity contribution is 0.0703. The summed E-state index contributed by atoms with van der Waals surface area (Å²) in [6.45, 7) is 1.65. The molecule has 3 aromatic rings. The minimum Gasteiger partial charge on any atom is -0.497 e. The highest BCUT2D eigenvalue weighted by Gasteiger charge is 2.22. The number of pyridine rings is 1. The first-order valence-electron chi connectivity index (χ1n) is 9.75. The third kappa shape index (κ3) is 3.96. The molecule has 3 heterocycles. The monoisotopic (exact) mass is 424 g/mol. The lowest BCUT2D eigenvalue weighted by atomic mass is 10.0. The van der Waals surface area contributed by atoms with Gasteiger partial charge in [0.05, 0.1) is 12.8 Å². The van der Waals surface area contributed by atoms with E-state index in [1.165, 1.54) is 0 Å². The van der Waals surface area contributed by atoms with Crippen molar-refractivity contribution >= 4 is 51.2 Å². The summed E-state index contributed by atoms with van der Waals surface area (Å²) in [6, 6.07) is 9.90. The maximum atomic E-state index is 11.6. The average Bonchev–Trinajstić information content (AvgIpc) is 3.10. The Labute approximate surface area is 178 Å². The van der Waals surface area contributed by atoms with Crippen LogP contribution in [0.5, 0.6) is 5.75 Å². The molecule has 1 aromatic carbocycles. The van der Waals surface area contributed by atoms with Gasteiger partial charge in [0, 0.05) is 24.5 Å². The maximum absolute atomic E-state index is 11.6. The summed E-state index contributed by atoms with van der Waals surface area (Å²) in [4.78, 5) is 19.3. The fraction of sp³-hybridized carbons (Fsp3) is 0.273. The van der Waals surface area contributed by atoms with Crippen LogP contribution < -0.4 is 21.1 Å². The van der Waals surface area contributed by atoms with Crippen LogP contribution in [0.1, 0.15) is 33.6 Å². The van der Waals surface area contributed by atoms with Crippen LogP contribution in [0.4, 0.5) is 11.5 Å². The predicted octanol–water partition coefficient (Wildman–Crippen LogP) is 3.68. The molecule has 1 aliphatic rings. The first-order valence-corrected chi connectivity index (χ1v) is 10.6. The van der Waals surface area contributed by atoms with Crippen LogP contribution in [-0.4, -0.2) is 42.3 Å². The van der Waals surface area contributed by atoms with Crippen molar-refractivity contribution in [3.8, 4) is 5.75 Å². The molecule has 0 saturated carbocycles. The summed E-state index contributed by atoms with van der Waals surface area (Å²) in [5.74, 6) is 0.574. The molecule has 8 heteroatoms. The SMILES string of the molecule is COc1ccc(C=Cc2cc(N3CCC(N)CC3)nc3sc(C(=O)O)c(N)c23)cc1. The standard InChI is InChI=1S/C22H24N4O3S/c1-29-16-6-3-13(4-7-16)2-5-14-12-17(26-10-8-15(23)9-11-26)25-21-18(14)19(24)20(30-21)22(27)28/h2-7,12,15H,8-11,23-24H2,1H3,(H,27,28). The summed E-state index contributed by atoms with van der Waals surface area (Å²) >= 11 is 1.11. The van der Waals surface area contributed by atoms with Crippen molar-refractivity contribution in [1.82, 2.24) is 4.98 Å². The Morgan fingerprint density at radius 3 is 2.60 bits per heavy atom. The van der Waals surface area contributed by atoms with Crippen LogP contribution in [0, 0.1) is 0 Å². The second-order valence-electron chi connectivity index (χ2n) is 7.33. The first-order chi connectivity index (χ1) is 14.5. The van der Waals surface area contributed by atoms with Crippen LogP contribution >= 0.6 is 11.3 Å². The second kappa shape index (κ2) is 8.33. The number of carboxylic acid groups (broad SMARTS) is 1. The lowest BCUT2D eigenvalue weighted by Crippen LogP contribution is -2.40. The van der Waals surface area contributed by atoms with E-state index in [2.05, 4.69) is 4.90 Å². The third-order valence-corrected chi connectivity index (χ3v) is 6.43.